The van der Waals surface area contributed by atoms with E-state index in [0.29, 0.717) is 40.8 Å². The standard InChI is InChI=1S/C26H26N4O6/c1-3-35-23-15-18(9-14-22(23)36-17-24(31)28-19-7-5-4-6-8-19)16-27-30-26(33)25(32)29-20-10-12-21(34-2)13-11-20/h4-16H,3,17H2,1-2H3,(H,28,31)(H,29,32)(H,30,33)/b27-16-. The van der Waals surface area contributed by atoms with Gasteiger partial charge in [-0.3, -0.25) is 14.4 Å². The zero-order valence-electron chi connectivity index (χ0n) is 19.8. The Hall–Kier alpha value is -4.86. The molecule has 0 radical (unpaired) electrons. The van der Waals surface area contributed by atoms with Crippen LogP contribution in [-0.4, -0.2) is 44.3 Å². The van der Waals surface area contributed by atoms with Gasteiger partial charge in [0.25, 0.3) is 5.91 Å². The highest BCUT2D eigenvalue weighted by Crippen LogP contribution is 2.28. The fourth-order valence-corrected chi connectivity index (χ4v) is 2.93. The zero-order chi connectivity index (χ0) is 25.8. The third-order valence-corrected chi connectivity index (χ3v) is 4.62. The van der Waals surface area contributed by atoms with Gasteiger partial charge in [-0.2, -0.15) is 5.10 Å². The largest absolute Gasteiger partial charge is 0.497 e. The van der Waals surface area contributed by atoms with Gasteiger partial charge < -0.3 is 24.8 Å². The van der Waals surface area contributed by atoms with Gasteiger partial charge >= 0.3 is 11.8 Å². The quantitative estimate of drug-likeness (QED) is 0.228. The highest BCUT2D eigenvalue weighted by atomic mass is 16.5. The first-order valence-corrected chi connectivity index (χ1v) is 11.0. The predicted octanol–water partition coefficient (Wildman–Crippen LogP) is 3.20. The van der Waals surface area contributed by atoms with Crippen molar-refractivity contribution >= 4 is 35.3 Å². The second-order valence-electron chi connectivity index (χ2n) is 7.22. The molecular weight excluding hydrogens is 464 g/mol. The highest BCUT2D eigenvalue weighted by molar-refractivity contribution is 6.39. The molecule has 0 spiro atoms. The predicted molar refractivity (Wildman–Crippen MR) is 136 cm³/mol. The average molecular weight is 491 g/mol. The number of ether oxygens (including phenoxy) is 3. The minimum absolute atomic E-state index is 0.207. The number of methoxy groups -OCH3 is 1. The second kappa shape index (κ2) is 13.1. The molecule has 10 heteroatoms. The summed E-state index contributed by atoms with van der Waals surface area (Å²) in [6.45, 7) is 1.98. The number of rotatable bonds is 10. The SMILES string of the molecule is CCOc1cc(/C=N\NC(=O)C(=O)Nc2ccc(OC)cc2)ccc1OCC(=O)Nc1ccccc1. The summed E-state index contributed by atoms with van der Waals surface area (Å²) in [5, 5.41) is 9.02. The normalized spacial score (nSPS) is 10.4. The summed E-state index contributed by atoms with van der Waals surface area (Å²) >= 11 is 0. The number of benzene rings is 3. The first kappa shape index (κ1) is 25.8. The highest BCUT2D eigenvalue weighted by Gasteiger charge is 2.13. The minimum atomic E-state index is -0.934. The van der Waals surface area contributed by atoms with Crippen molar-refractivity contribution in [3.63, 3.8) is 0 Å². The molecule has 36 heavy (non-hydrogen) atoms. The lowest BCUT2D eigenvalue weighted by atomic mass is 10.2. The van der Waals surface area contributed by atoms with Crippen LogP contribution in [0.15, 0.2) is 77.9 Å². The molecule has 0 aromatic heterocycles. The van der Waals surface area contributed by atoms with Crippen molar-refractivity contribution in [3.05, 3.63) is 78.4 Å². The van der Waals surface area contributed by atoms with Crippen LogP contribution in [-0.2, 0) is 14.4 Å². The first-order valence-electron chi connectivity index (χ1n) is 11.0. The van der Waals surface area contributed by atoms with Crippen LogP contribution in [0.4, 0.5) is 11.4 Å². The summed E-state index contributed by atoms with van der Waals surface area (Å²) in [4.78, 5) is 36.2. The van der Waals surface area contributed by atoms with E-state index in [1.165, 1.54) is 13.3 Å². The van der Waals surface area contributed by atoms with Gasteiger partial charge in [-0.1, -0.05) is 18.2 Å². The molecule has 0 aliphatic carbocycles. The van der Waals surface area contributed by atoms with Crippen LogP contribution in [0.25, 0.3) is 0 Å². The fraction of sp³-hybridized carbons (Fsp3) is 0.154. The van der Waals surface area contributed by atoms with E-state index < -0.39 is 11.8 Å². The number of hydrogen-bond donors (Lipinski definition) is 3. The first-order chi connectivity index (χ1) is 17.5. The summed E-state index contributed by atoms with van der Waals surface area (Å²) in [5.74, 6) is -0.718. The Morgan fingerprint density at radius 1 is 0.833 bits per heavy atom. The van der Waals surface area contributed by atoms with Crippen molar-refractivity contribution < 1.29 is 28.6 Å². The lowest BCUT2D eigenvalue weighted by Crippen LogP contribution is -2.32. The van der Waals surface area contributed by atoms with Crippen LogP contribution in [0.2, 0.25) is 0 Å². The molecular formula is C26H26N4O6. The fourth-order valence-electron chi connectivity index (χ4n) is 2.93. The Morgan fingerprint density at radius 2 is 1.56 bits per heavy atom. The van der Waals surface area contributed by atoms with Gasteiger partial charge in [-0.25, -0.2) is 5.43 Å². The molecule has 0 saturated heterocycles. The molecule has 3 N–H and O–H groups in total. The summed E-state index contributed by atoms with van der Waals surface area (Å²) in [6, 6.07) is 20.5. The van der Waals surface area contributed by atoms with E-state index in [-0.39, 0.29) is 12.5 Å². The van der Waals surface area contributed by atoms with E-state index in [1.54, 1.807) is 54.6 Å². The van der Waals surface area contributed by atoms with E-state index in [2.05, 4.69) is 21.2 Å². The molecule has 0 bridgehead atoms. The Labute approximate surface area is 208 Å². The van der Waals surface area contributed by atoms with Crippen molar-refractivity contribution in [1.29, 1.82) is 0 Å². The van der Waals surface area contributed by atoms with Crippen LogP contribution in [0.5, 0.6) is 17.2 Å². The number of anilines is 2. The number of carbonyl (C=O) groups is 3. The number of hydrazone groups is 1. The van der Waals surface area contributed by atoms with Crippen LogP contribution in [0.3, 0.4) is 0 Å². The molecule has 0 unspecified atom stereocenters. The Kier molecular flexibility index (Phi) is 9.40. The van der Waals surface area contributed by atoms with Gasteiger partial charge in [-0.05, 0) is 67.1 Å². The summed E-state index contributed by atoms with van der Waals surface area (Å²) < 4.78 is 16.3. The second-order valence-corrected chi connectivity index (χ2v) is 7.22. The molecule has 10 nitrogen and oxygen atoms in total. The van der Waals surface area contributed by atoms with E-state index in [0.717, 1.165) is 0 Å². The molecule has 0 saturated carbocycles. The Bertz CT molecular complexity index is 1210. The van der Waals surface area contributed by atoms with Crippen LogP contribution in [0.1, 0.15) is 12.5 Å². The van der Waals surface area contributed by atoms with E-state index in [9.17, 15) is 14.4 Å². The number of para-hydroxylation sites is 1. The van der Waals surface area contributed by atoms with E-state index in [4.69, 9.17) is 14.2 Å². The van der Waals surface area contributed by atoms with Gasteiger partial charge in [0, 0.05) is 11.4 Å². The molecule has 3 aromatic carbocycles. The molecule has 3 amide bonds. The number of nitrogens with one attached hydrogen (secondary N) is 3. The number of nitrogens with zero attached hydrogens (tertiary/aromatic N) is 1. The summed E-state index contributed by atoms with van der Waals surface area (Å²) in [6.07, 6.45) is 1.35. The molecule has 0 heterocycles. The number of carbonyl (C=O) groups excluding carboxylic acids is 3. The van der Waals surface area contributed by atoms with Crippen molar-refractivity contribution in [3.8, 4) is 17.2 Å². The van der Waals surface area contributed by atoms with Crippen LogP contribution >= 0.6 is 0 Å². The van der Waals surface area contributed by atoms with Crippen molar-refractivity contribution in [2.75, 3.05) is 31.0 Å². The maximum absolute atomic E-state index is 12.1. The summed E-state index contributed by atoms with van der Waals surface area (Å²) in [5.41, 5.74) is 3.86. The molecule has 0 aliphatic heterocycles. The zero-order valence-corrected chi connectivity index (χ0v) is 19.8. The Morgan fingerprint density at radius 3 is 2.25 bits per heavy atom. The maximum atomic E-state index is 12.1. The lowest BCUT2D eigenvalue weighted by Gasteiger charge is -2.12. The smallest absolute Gasteiger partial charge is 0.329 e. The topological polar surface area (TPSA) is 127 Å². The van der Waals surface area contributed by atoms with Crippen LogP contribution < -0.4 is 30.3 Å². The van der Waals surface area contributed by atoms with Crippen molar-refractivity contribution in [2.24, 2.45) is 5.10 Å². The minimum Gasteiger partial charge on any atom is -0.497 e. The van der Waals surface area contributed by atoms with Crippen molar-refractivity contribution in [1.82, 2.24) is 5.43 Å². The van der Waals surface area contributed by atoms with Crippen molar-refractivity contribution in [2.45, 2.75) is 6.92 Å². The van der Waals surface area contributed by atoms with Gasteiger partial charge in [-0.15, -0.1) is 0 Å². The van der Waals surface area contributed by atoms with Gasteiger partial charge in [0.1, 0.15) is 5.75 Å². The summed E-state index contributed by atoms with van der Waals surface area (Å²) in [7, 11) is 1.53. The van der Waals surface area contributed by atoms with Gasteiger partial charge in [0.15, 0.2) is 18.1 Å². The molecule has 0 atom stereocenters. The lowest BCUT2D eigenvalue weighted by molar-refractivity contribution is -0.136. The van der Waals surface area contributed by atoms with Gasteiger partial charge in [0.2, 0.25) is 0 Å². The third kappa shape index (κ3) is 7.87. The molecule has 3 aromatic rings. The monoisotopic (exact) mass is 490 g/mol. The van der Waals surface area contributed by atoms with Crippen LogP contribution in [0, 0.1) is 0 Å². The third-order valence-electron chi connectivity index (χ3n) is 4.62. The Balaban J connectivity index is 1.54. The number of amides is 3. The van der Waals surface area contributed by atoms with E-state index in [1.807, 2.05) is 25.1 Å². The molecule has 0 aliphatic rings. The maximum Gasteiger partial charge on any atom is 0.329 e. The van der Waals surface area contributed by atoms with Gasteiger partial charge in [0.05, 0.1) is 19.9 Å². The molecule has 186 valence electrons. The average Bonchev–Trinajstić information content (AvgIpc) is 2.89. The molecule has 3 rings (SSSR count). The number of hydrogen-bond acceptors (Lipinski definition) is 7. The molecule has 0 fully saturated rings. The van der Waals surface area contributed by atoms with E-state index >= 15 is 0 Å².